The van der Waals surface area contributed by atoms with E-state index in [2.05, 4.69) is 5.32 Å². The average Bonchev–Trinajstić information content (AvgIpc) is 2.90. The number of carbonyl (C=O) groups excluding carboxylic acids is 2. The lowest BCUT2D eigenvalue weighted by Gasteiger charge is -2.33. The van der Waals surface area contributed by atoms with E-state index >= 15 is 0 Å². The van der Waals surface area contributed by atoms with Gasteiger partial charge in [-0.15, -0.1) is 0 Å². The maximum atomic E-state index is 14.0. The summed E-state index contributed by atoms with van der Waals surface area (Å²) in [5.74, 6) is -1.38. The van der Waals surface area contributed by atoms with Crippen molar-refractivity contribution >= 4 is 39.1 Å². The van der Waals surface area contributed by atoms with Crippen LogP contribution in [0.25, 0.3) is 0 Å². The number of nitrogens with zero attached hydrogens (tertiary/aromatic N) is 2. The maximum Gasteiger partial charge on any atom is 0.244 e. The molecular formula is C29H33ClFN3O4S. The Bertz CT molecular complexity index is 1390. The van der Waals surface area contributed by atoms with Crippen LogP contribution in [0.2, 0.25) is 5.02 Å². The summed E-state index contributed by atoms with van der Waals surface area (Å²) in [4.78, 5) is 28.8. The predicted molar refractivity (Wildman–Crippen MR) is 153 cm³/mol. The lowest BCUT2D eigenvalue weighted by molar-refractivity contribution is -0.140. The molecular weight excluding hydrogens is 541 g/mol. The highest BCUT2D eigenvalue weighted by Crippen LogP contribution is 2.27. The third-order valence-electron chi connectivity index (χ3n) is 6.21. The SMILES string of the molecule is CCCNC(=O)[C@@H](Cc1ccccc1)N(Cc1ccc(F)cc1)C(=O)CN(c1cc(Cl)ccc1C)S(C)(=O)=O. The second kappa shape index (κ2) is 13.6. The second-order valence-electron chi connectivity index (χ2n) is 9.35. The van der Waals surface area contributed by atoms with Crippen molar-refractivity contribution in [3.05, 3.63) is 100 Å². The zero-order valence-corrected chi connectivity index (χ0v) is 23.8. The summed E-state index contributed by atoms with van der Waals surface area (Å²) in [7, 11) is -3.91. The molecule has 0 heterocycles. The molecule has 0 aliphatic rings. The zero-order chi connectivity index (χ0) is 28.6. The number of hydrogen-bond donors (Lipinski definition) is 1. The van der Waals surface area contributed by atoms with E-state index in [-0.39, 0.29) is 24.6 Å². The number of nitrogens with one attached hydrogen (secondary N) is 1. The molecule has 0 aromatic heterocycles. The molecule has 3 aromatic rings. The molecule has 3 aromatic carbocycles. The van der Waals surface area contributed by atoms with Crippen molar-refractivity contribution in [2.24, 2.45) is 0 Å². The van der Waals surface area contributed by atoms with Crippen LogP contribution < -0.4 is 9.62 Å². The number of sulfonamides is 1. The molecule has 208 valence electrons. The highest BCUT2D eigenvalue weighted by molar-refractivity contribution is 7.92. The van der Waals surface area contributed by atoms with Crippen LogP contribution in [-0.4, -0.2) is 50.5 Å². The Morgan fingerprint density at radius 2 is 1.67 bits per heavy atom. The van der Waals surface area contributed by atoms with Crippen molar-refractivity contribution in [3.63, 3.8) is 0 Å². The summed E-state index contributed by atoms with van der Waals surface area (Å²) in [5, 5.41) is 3.19. The van der Waals surface area contributed by atoms with Crippen LogP contribution in [0.5, 0.6) is 0 Å². The molecule has 0 saturated carbocycles. The first-order valence-corrected chi connectivity index (χ1v) is 14.8. The van der Waals surface area contributed by atoms with Gasteiger partial charge >= 0.3 is 0 Å². The molecule has 0 fully saturated rings. The first-order valence-electron chi connectivity index (χ1n) is 12.6. The van der Waals surface area contributed by atoms with Crippen molar-refractivity contribution in [1.82, 2.24) is 10.2 Å². The number of carbonyl (C=O) groups is 2. The number of amides is 2. The van der Waals surface area contributed by atoms with E-state index in [4.69, 9.17) is 11.6 Å². The van der Waals surface area contributed by atoms with Crippen LogP contribution in [0.1, 0.15) is 30.0 Å². The molecule has 0 aliphatic heterocycles. The smallest absolute Gasteiger partial charge is 0.244 e. The lowest BCUT2D eigenvalue weighted by atomic mass is 10.0. The number of benzene rings is 3. The molecule has 0 unspecified atom stereocenters. The Morgan fingerprint density at radius 3 is 2.28 bits per heavy atom. The van der Waals surface area contributed by atoms with Crippen LogP contribution in [-0.2, 0) is 32.6 Å². The van der Waals surface area contributed by atoms with Gasteiger partial charge in [-0.3, -0.25) is 13.9 Å². The minimum absolute atomic E-state index is 0.0255. The number of anilines is 1. The fraction of sp³-hybridized carbons (Fsp3) is 0.310. The topological polar surface area (TPSA) is 86.8 Å². The van der Waals surface area contributed by atoms with Gasteiger partial charge in [0.15, 0.2) is 0 Å². The monoisotopic (exact) mass is 573 g/mol. The van der Waals surface area contributed by atoms with Gasteiger partial charge in [-0.25, -0.2) is 12.8 Å². The Kier molecular flexibility index (Phi) is 10.5. The third kappa shape index (κ3) is 8.53. The van der Waals surface area contributed by atoms with Crippen molar-refractivity contribution < 1.29 is 22.4 Å². The van der Waals surface area contributed by atoms with Crippen LogP contribution in [0.15, 0.2) is 72.8 Å². The van der Waals surface area contributed by atoms with Gasteiger partial charge in [0, 0.05) is 24.5 Å². The molecule has 3 rings (SSSR count). The lowest BCUT2D eigenvalue weighted by Crippen LogP contribution is -2.53. The Balaban J connectivity index is 2.06. The maximum absolute atomic E-state index is 14.0. The van der Waals surface area contributed by atoms with Crippen LogP contribution >= 0.6 is 11.6 Å². The molecule has 7 nitrogen and oxygen atoms in total. The zero-order valence-electron chi connectivity index (χ0n) is 22.2. The van der Waals surface area contributed by atoms with E-state index in [9.17, 15) is 22.4 Å². The van der Waals surface area contributed by atoms with E-state index < -0.39 is 34.3 Å². The second-order valence-corrected chi connectivity index (χ2v) is 11.7. The van der Waals surface area contributed by atoms with Gasteiger partial charge in [0.2, 0.25) is 21.8 Å². The molecule has 0 saturated heterocycles. The van der Waals surface area contributed by atoms with E-state index in [0.29, 0.717) is 29.1 Å². The van der Waals surface area contributed by atoms with Crippen molar-refractivity contribution in [2.75, 3.05) is 23.7 Å². The molecule has 0 bridgehead atoms. The van der Waals surface area contributed by atoms with Crippen LogP contribution in [0.4, 0.5) is 10.1 Å². The predicted octanol–water partition coefficient (Wildman–Crippen LogP) is 4.72. The largest absolute Gasteiger partial charge is 0.354 e. The highest BCUT2D eigenvalue weighted by atomic mass is 35.5. The van der Waals surface area contributed by atoms with Gasteiger partial charge in [0.05, 0.1) is 11.9 Å². The normalized spacial score (nSPS) is 12.0. The van der Waals surface area contributed by atoms with Gasteiger partial charge < -0.3 is 10.2 Å². The molecule has 0 spiro atoms. The van der Waals surface area contributed by atoms with Gasteiger partial charge in [0.1, 0.15) is 18.4 Å². The highest BCUT2D eigenvalue weighted by Gasteiger charge is 2.33. The number of rotatable bonds is 12. The Hall–Kier alpha value is -3.43. The van der Waals surface area contributed by atoms with E-state index in [1.165, 1.54) is 35.2 Å². The summed E-state index contributed by atoms with van der Waals surface area (Å²) >= 11 is 6.16. The van der Waals surface area contributed by atoms with Gasteiger partial charge in [-0.2, -0.15) is 0 Å². The first-order chi connectivity index (χ1) is 18.5. The minimum atomic E-state index is -3.91. The fourth-order valence-electron chi connectivity index (χ4n) is 4.15. The number of aryl methyl sites for hydroxylation is 1. The third-order valence-corrected chi connectivity index (χ3v) is 7.57. The summed E-state index contributed by atoms with van der Waals surface area (Å²) < 4.78 is 40.4. The molecule has 0 radical (unpaired) electrons. The van der Waals surface area contributed by atoms with E-state index in [1.54, 1.807) is 19.1 Å². The first kappa shape index (κ1) is 30.1. The van der Waals surface area contributed by atoms with Crippen molar-refractivity contribution in [3.8, 4) is 0 Å². The Morgan fingerprint density at radius 1 is 1.00 bits per heavy atom. The number of halogens is 2. The summed E-state index contributed by atoms with van der Waals surface area (Å²) in [5.41, 5.74) is 2.31. The van der Waals surface area contributed by atoms with Gasteiger partial charge in [-0.05, 0) is 54.3 Å². The molecule has 1 N–H and O–H groups in total. The molecule has 10 heteroatoms. The van der Waals surface area contributed by atoms with Crippen molar-refractivity contribution in [2.45, 2.75) is 39.3 Å². The van der Waals surface area contributed by atoms with Gasteiger partial charge in [-0.1, -0.05) is 67.1 Å². The average molecular weight is 574 g/mol. The van der Waals surface area contributed by atoms with Crippen LogP contribution in [0.3, 0.4) is 0 Å². The standard InChI is InChI=1S/C29H33ClFN3O4S/c1-4-16-32-29(36)27(17-22-8-6-5-7-9-22)33(19-23-11-14-25(31)15-12-23)28(35)20-34(39(3,37)38)26-18-24(30)13-10-21(26)2/h5-15,18,27H,4,16-17,19-20H2,1-3H3,(H,32,36)/t27-/m1/s1. The quantitative estimate of drug-likeness (QED) is 0.340. The van der Waals surface area contributed by atoms with E-state index in [0.717, 1.165) is 16.1 Å². The molecule has 39 heavy (non-hydrogen) atoms. The molecule has 2 amide bonds. The van der Waals surface area contributed by atoms with Crippen LogP contribution in [0, 0.1) is 12.7 Å². The van der Waals surface area contributed by atoms with Crippen molar-refractivity contribution in [1.29, 1.82) is 0 Å². The molecule has 0 aliphatic carbocycles. The summed E-state index contributed by atoms with van der Waals surface area (Å²) in [6.07, 6.45) is 1.92. The number of hydrogen-bond acceptors (Lipinski definition) is 4. The van der Waals surface area contributed by atoms with Gasteiger partial charge in [0.25, 0.3) is 0 Å². The Labute approximate surface area is 234 Å². The molecule has 1 atom stereocenters. The summed E-state index contributed by atoms with van der Waals surface area (Å²) in [6, 6.07) is 18.7. The minimum Gasteiger partial charge on any atom is -0.354 e. The van der Waals surface area contributed by atoms with E-state index in [1.807, 2.05) is 37.3 Å². The summed E-state index contributed by atoms with van der Waals surface area (Å²) in [6.45, 7) is 3.49. The fourth-order valence-corrected chi connectivity index (χ4v) is 5.22.